The number of nitro benzene ring substituents is 1. The van der Waals surface area contributed by atoms with Gasteiger partial charge in [0.15, 0.2) is 5.75 Å². The minimum absolute atomic E-state index is 0.0806. The average Bonchev–Trinajstić information content (AvgIpc) is 2.43. The average molecular weight is 282 g/mol. The highest BCUT2D eigenvalue weighted by atomic mass is 16.6. The number of esters is 1. The number of nitrogens with one attached hydrogen (secondary N) is 1. The summed E-state index contributed by atoms with van der Waals surface area (Å²) in [5, 5.41) is 13.9. The molecule has 0 saturated carbocycles. The third-order valence-corrected chi connectivity index (χ3v) is 2.61. The molecule has 0 bridgehead atoms. The van der Waals surface area contributed by atoms with E-state index in [-0.39, 0.29) is 30.4 Å². The van der Waals surface area contributed by atoms with Crippen LogP contribution in [0.1, 0.15) is 18.4 Å². The molecule has 0 heterocycles. The minimum atomic E-state index is -0.487. The predicted octanol–water partition coefficient (Wildman–Crippen LogP) is 1.65. The van der Waals surface area contributed by atoms with E-state index >= 15 is 0 Å². The van der Waals surface area contributed by atoms with Crippen molar-refractivity contribution in [3.8, 4) is 5.75 Å². The molecule has 1 N–H and O–H groups in total. The molecule has 0 atom stereocenters. The zero-order valence-corrected chi connectivity index (χ0v) is 11.5. The van der Waals surface area contributed by atoms with E-state index in [1.54, 1.807) is 19.2 Å². The number of methoxy groups -OCH3 is 1. The van der Waals surface area contributed by atoms with Gasteiger partial charge in [-0.3, -0.25) is 14.9 Å². The van der Waals surface area contributed by atoms with Crippen molar-refractivity contribution >= 4 is 11.7 Å². The Kier molecular flexibility index (Phi) is 6.45. The molecule has 7 nitrogen and oxygen atoms in total. The highest BCUT2D eigenvalue weighted by Crippen LogP contribution is 2.28. The summed E-state index contributed by atoms with van der Waals surface area (Å²) in [7, 11) is 3.10. The van der Waals surface area contributed by atoms with Crippen LogP contribution in [0, 0.1) is 10.1 Å². The summed E-state index contributed by atoms with van der Waals surface area (Å²) in [4.78, 5) is 21.4. The highest BCUT2D eigenvalue weighted by molar-refractivity contribution is 5.69. The molecule has 7 heteroatoms. The lowest BCUT2D eigenvalue weighted by atomic mass is 10.2. The monoisotopic (exact) mass is 282 g/mol. The van der Waals surface area contributed by atoms with Gasteiger partial charge in [0.2, 0.25) is 0 Å². The van der Waals surface area contributed by atoms with E-state index in [4.69, 9.17) is 4.74 Å². The number of benzene rings is 1. The van der Waals surface area contributed by atoms with E-state index in [1.165, 1.54) is 13.2 Å². The summed E-state index contributed by atoms with van der Waals surface area (Å²) in [5.41, 5.74) is 0.809. The first-order valence-corrected chi connectivity index (χ1v) is 6.20. The molecule has 110 valence electrons. The first-order valence-electron chi connectivity index (χ1n) is 6.20. The number of rotatable bonds is 8. The molecule has 0 aromatic heterocycles. The Morgan fingerprint density at radius 3 is 2.80 bits per heavy atom. The van der Waals surface area contributed by atoms with Gasteiger partial charge < -0.3 is 14.8 Å². The van der Waals surface area contributed by atoms with Crippen molar-refractivity contribution in [1.29, 1.82) is 0 Å². The van der Waals surface area contributed by atoms with Crippen molar-refractivity contribution in [3.05, 3.63) is 33.9 Å². The van der Waals surface area contributed by atoms with Crippen molar-refractivity contribution in [3.63, 3.8) is 0 Å². The fourth-order valence-corrected chi connectivity index (χ4v) is 1.64. The number of carbonyl (C=O) groups excluding carboxylic acids is 1. The number of nitrogens with zero attached hydrogens (tertiary/aromatic N) is 1. The lowest BCUT2D eigenvalue weighted by molar-refractivity contribution is -0.385. The van der Waals surface area contributed by atoms with Crippen molar-refractivity contribution < 1.29 is 19.2 Å². The molecule has 0 radical (unpaired) electrons. The molecule has 0 aliphatic heterocycles. The summed E-state index contributed by atoms with van der Waals surface area (Å²) in [6.07, 6.45) is 0.667. The van der Waals surface area contributed by atoms with E-state index in [2.05, 4.69) is 10.1 Å². The molecule has 0 aliphatic carbocycles. The van der Waals surface area contributed by atoms with Crippen LogP contribution in [0.15, 0.2) is 18.2 Å². The van der Waals surface area contributed by atoms with E-state index in [1.807, 2.05) is 0 Å². The molecule has 0 unspecified atom stereocenters. The molecular weight excluding hydrogens is 264 g/mol. The summed E-state index contributed by atoms with van der Waals surface area (Å²) in [6.45, 7) is 0.815. The van der Waals surface area contributed by atoms with Gasteiger partial charge in [0, 0.05) is 19.0 Å². The molecular formula is C13H18N2O5. The van der Waals surface area contributed by atoms with E-state index in [0.717, 1.165) is 5.56 Å². The Labute approximate surface area is 117 Å². The molecule has 1 aromatic rings. The molecule has 20 heavy (non-hydrogen) atoms. The molecule has 0 fully saturated rings. The predicted molar refractivity (Wildman–Crippen MR) is 72.6 cm³/mol. The minimum Gasteiger partial charge on any atom is -0.487 e. The van der Waals surface area contributed by atoms with Crippen molar-refractivity contribution in [2.75, 3.05) is 20.8 Å². The van der Waals surface area contributed by atoms with Gasteiger partial charge in [-0.15, -0.1) is 0 Å². The van der Waals surface area contributed by atoms with Gasteiger partial charge in [-0.05, 0) is 25.1 Å². The van der Waals surface area contributed by atoms with Crippen molar-refractivity contribution in [2.24, 2.45) is 0 Å². The molecule has 0 amide bonds. The zero-order valence-electron chi connectivity index (χ0n) is 11.5. The fourth-order valence-electron chi connectivity index (χ4n) is 1.64. The van der Waals surface area contributed by atoms with Crippen molar-refractivity contribution in [2.45, 2.75) is 19.4 Å². The topological polar surface area (TPSA) is 90.7 Å². The van der Waals surface area contributed by atoms with Crippen LogP contribution in [0.3, 0.4) is 0 Å². The van der Waals surface area contributed by atoms with Gasteiger partial charge in [0.1, 0.15) is 0 Å². The van der Waals surface area contributed by atoms with Gasteiger partial charge in [-0.25, -0.2) is 0 Å². The van der Waals surface area contributed by atoms with Crippen molar-refractivity contribution in [1.82, 2.24) is 5.32 Å². The number of carbonyl (C=O) groups is 1. The first kappa shape index (κ1) is 15.9. The lowest BCUT2D eigenvalue weighted by Gasteiger charge is -2.08. The molecule has 1 rings (SSSR count). The Morgan fingerprint density at radius 2 is 2.20 bits per heavy atom. The van der Waals surface area contributed by atoms with Crippen LogP contribution in [0.25, 0.3) is 0 Å². The fraction of sp³-hybridized carbons (Fsp3) is 0.462. The number of ether oxygens (including phenoxy) is 2. The maximum Gasteiger partial charge on any atom is 0.310 e. The Bertz CT molecular complexity index is 476. The molecule has 0 aliphatic rings. The summed E-state index contributed by atoms with van der Waals surface area (Å²) in [5.74, 6) is -0.111. The maximum atomic E-state index is 10.9. The highest BCUT2D eigenvalue weighted by Gasteiger charge is 2.15. The van der Waals surface area contributed by atoms with Crippen LogP contribution in [-0.2, 0) is 16.1 Å². The smallest absolute Gasteiger partial charge is 0.310 e. The Balaban J connectivity index is 2.67. The van der Waals surface area contributed by atoms with Crippen LogP contribution in [0.2, 0.25) is 0 Å². The maximum absolute atomic E-state index is 10.9. The lowest BCUT2D eigenvalue weighted by Crippen LogP contribution is -2.08. The summed E-state index contributed by atoms with van der Waals surface area (Å²) < 4.78 is 9.91. The van der Waals surface area contributed by atoms with Crippen LogP contribution in [0.5, 0.6) is 5.75 Å². The first-order chi connectivity index (χ1) is 9.58. The third kappa shape index (κ3) is 4.85. The summed E-state index contributed by atoms with van der Waals surface area (Å²) >= 11 is 0. The second-order valence-electron chi connectivity index (χ2n) is 4.12. The second-order valence-corrected chi connectivity index (χ2v) is 4.12. The van der Waals surface area contributed by atoms with Gasteiger partial charge >= 0.3 is 11.7 Å². The third-order valence-electron chi connectivity index (χ3n) is 2.61. The van der Waals surface area contributed by atoms with Gasteiger partial charge in [-0.2, -0.15) is 0 Å². The molecule has 1 aromatic carbocycles. The van der Waals surface area contributed by atoms with Crippen LogP contribution < -0.4 is 10.1 Å². The summed E-state index contributed by atoms with van der Waals surface area (Å²) in [6, 6.07) is 4.73. The normalized spacial score (nSPS) is 10.1. The quantitative estimate of drug-likeness (QED) is 0.337. The SMILES string of the molecule is CNCc1ccc([N+](=O)[O-])c(OCCCC(=O)OC)c1. The largest absolute Gasteiger partial charge is 0.487 e. The standard InChI is InChI=1S/C13H18N2O5/c1-14-9-10-5-6-11(15(17)18)12(8-10)20-7-3-4-13(16)19-2/h5-6,8,14H,3-4,7,9H2,1-2H3. The number of hydrogen-bond acceptors (Lipinski definition) is 6. The molecule has 0 saturated heterocycles. The van der Waals surface area contributed by atoms with E-state index < -0.39 is 4.92 Å². The number of nitro groups is 1. The Morgan fingerprint density at radius 1 is 1.45 bits per heavy atom. The molecule has 0 spiro atoms. The van der Waals surface area contributed by atoms with Gasteiger partial charge in [-0.1, -0.05) is 6.07 Å². The van der Waals surface area contributed by atoms with Gasteiger partial charge in [0.25, 0.3) is 0 Å². The Hall–Kier alpha value is -2.15. The zero-order chi connectivity index (χ0) is 15.0. The van der Waals surface area contributed by atoms with Gasteiger partial charge in [0.05, 0.1) is 18.6 Å². The number of hydrogen-bond donors (Lipinski definition) is 1. The van der Waals surface area contributed by atoms with E-state index in [0.29, 0.717) is 13.0 Å². The van der Waals surface area contributed by atoms with Crippen LogP contribution in [-0.4, -0.2) is 31.7 Å². The van der Waals surface area contributed by atoms with Crippen LogP contribution >= 0.6 is 0 Å². The second kappa shape index (κ2) is 8.11. The van der Waals surface area contributed by atoms with E-state index in [9.17, 15) is 14.9 Å². The van der Waals surface area contributed by atoms with Crippen LogP contribution in [0.4, 0.5) is 5.69 Å².